The molecule has 5 nitrogen and oxygen atoms in total. The molecule has 100 valence electrons. The summed E-state index contributed by atoms with van der Waals surface area (Å²) in [5.41, 5.74) is 0.548. The maximum atomic E-state index is 9.03. The molecule has 2 rings (SSSR count). The molecule has 1 aromatic heterocycles. The molecule has 0 aliphatic heterocycles. The van der Waals surface area contributed by atoms with E-state index in [1.54, 1.807) is 50.6 Å². The third-order valence-electron chi connectivity index (χ3n) is 2.49. The Labute approximate surface area is 111 Å². The minimum absolute atomic E-state index is 0.126. The van der Waals surface area contributed by atoms with E-state index in [1.807, 2.05) is 0 Å². The van der Waals surface area contributed by atoms with E-state index < -0.39 is 0 Å². The van der Waals surface area contributed by atoms with E-state index in [0.717, 1.165) is 0 Å². The van der Waals surface area contributed by atoms with Crippen molar-refractivity contribution in [3.8, 4) is 23.1 Å². The lowest BCUT2D eigenvalue weighted by Crippen LogP contribution is -1.94. The van der Waals surface area contributed by atoms with Crippen LogP contribution in [0.15, 0.2) is 36.4 Å². The zero-order valence-electron chi connectivity index (χ0n) is 10.8. The van der Waals surface area contributed by atoms with Gasteiger partial charge in [-0.05, 0) is 6.07 Å². The SMILES string of the molecule is COc1cc(OC)cc(Oc2cccc(CO)n2)c1. The first kappa shape index (κ1) is 13.2. The van der Waals surface area contributed by atoms with Gasteiger partial charge in [0.1, 0.15) is 17.2 Å². The van der Waals surface area contributed by atoms with E-state index in [4.69, 9.17) is 19.3 Å². The molecule has 0 aliphatic carbocycles. The zero-order valence-corrected chi connectivity index (χ0v) is 10.8. The summed E-state index contributed by atoms with van der Waals surface area (Å²) in [4.78, 5) is 4.14. The number of ether oxygens (including phenoxy) is 3. The molecular formula is C14H15NO4. The summed E-state index contributed by atoms with van der Waals surface area (Å²) in [6.07, 6.45) is 0. The summed E-state index contributed by atoms with van der Waals surface area (Å²) >= 11 is 0. The summed E-state index contributed by atoms with van der Waals surface area (Å²) in [6.45, 7) is -0.126. The number of nitrogens with zero attached hydrogens (tertiary/aromatic N) is 1. The summed E-state index contributed by atoms with van der Waals surface area (Å²) in [5, 5.41) is 9.03. The van der Waals surface area contributed by atoms with Crippen LogP contribution < -0.4 is 14.2 Å². The zero-order chi connectivity index (χ0) is 13.7. The smallest absolute Gasteiger partial charge is 0.219 e. The molecule has 0 fully saturated rings. The largest absolute Gasteiger partial charge is 0.496 e. The first-order chi connectivity index (χ1) is 9.25. The highest BCUT2D eigenvalue weighted by Crippen LogP contribution is 2.30. The van der Waals surface area contributed by atoms with E-state index in [2.05, 4.69) is 4.98 Å². The Morgan fingerprint density at radius 2 is 1.63 bits per heavy atom. The Hall–Kier alpha value is -2.27. The van der Waals surface area contributed by atoms with Crippen LogP contribution in [0.3, 0.4) is 0 Å². The number of aliphatic hydroxyl groups excluding tert-OH is 1. The average molecular weight is 261 g/mol. The summed E-state index contributed by atoms with van der Waals surface area (Å²) in [7, 11) is 3.15. The molecule has 1 heterocycles. The first-order valence-electron chi connectivity index (χ1n) is 5.73. The Balaban J connectivity index is 2.26. The van der Waals surface area contributed by atoms with Crippen LogP contribution in [0.5, 0.6) is 23.1 Å². The molecular weight excluding hydrogens is 246 g/mol. The van der Waals surface area contributed by atoms with Gasteiger partial charge in [0.25, 0.3) is 0 Å². The van der Waals surface area contributed by atoms with Gasteiger partial charge in [0, 0.05) is 24.3 Å². The van der Waals surface area contributed by atoms with Gasteiger partial charge in [-0.2, -0.15) is 0 Å². The fourth-order valence-corrected chi connectivity index (χ4v) is 1.56. The van der Waals surface area contributed by atoms with Crippen molar-refractivity contribution in [2.45, 2.75) is 6.61 Å². The summed E-state index contributed by atoms with van der Waals surface area (Å²) in [5.74, 6) is 2.22. The highest BCUT2D eigenvalue weighted by Gasteiger charge is 2.05. The quantitative estimate of drug-likeness (QED) is 0.895. The number of aromatic nitrogens is 1. The Morgan fingerprint density at radius 3 is 2.21 bits per heavy atom. The number of pyridine rings is 1. The lowest BCUT2D eigenvalue weighted by atomic mass is 10.3. The molecule has 0 aliphatic rings. The van der Waals surface area contributed by atoms with Crippen LogP contribution in [0.1, 0.15) is 5.69 Å². The Kier molecular flexibility index (Phi) is 4.20. The van der Waals surface area contributed by atoms with Crippen molar-refractivity contribution in [1.29, 1.82) is 0 Å². The van der Waals surface area contributed by atoms with Gasteiger partial charge in [-0.3, -0.25) is 0 Å². The number of hydrogen-bond donors (Lipinski definition) is 1. The number of hydrogen-bond acceptors (Lipinski definition) is 5. The summed E-state index contributed by atoms with van der Waals surface area (Å²) < 4.78 is 15.9. The van der Waals surface area contributed by atoms with E-state index in [9.17, 15) is 0 Å². The monoisotopic (exact) mass is 261 g/mol. The van der Waals surface area contributed by atoms with Gasteiger partial charge in [-0.1, -0.05) is 6.07 Å². The molecule has 0 spiro atoms. The average Bonchev–Trinajstić information content (AvgIpc) is 2.47. The number of benzene rings is 1. The van der Waals surface area contributed by atoms with Crippen molar-refractivity contribution in [3.05, 3.63) is 42.1 Å². The van der Waals surface area contributed by atoms with Crippen LogP contribution in [-0.2, 0) is 6.61 Å². The maximum absolute atomic E-state index is 9.03. The van der Waals surface area contributed by atoms with E-state index in [1.165, 1.54) is 0 Å². The second-order valence-electron chi connectivity index (χ2n) is 3.78. The molecule has 0 radical (unpaired) electrons. The normalized spacial score (nSPS) is 10.1. The fraction of sp³-hybridized carbons (Fsp3) is 0.214. The van der Waals surface area contributed by atoms with Crippen LogP contribution in [-0.4, -0.2) is 24.3 Å². The summed E-state index contributed by atoms with van der Waals surface area (Å²) in [6, 6.07) is 10.4. The van der Waals surface area contributed by atoms with Crippen LogP contribution in [0.2, 0.25) is 0 Å². The molecule has 1 aromatic carbocycles. The van der Waals surface area contributed by atoms with Crippen LogP contribution in [0.4, 0.5) is 0 Å². The van der Waals surface area contributed by atoms with Gasteiger partial charge in [0.2, 0.25) is 5.88 Å². The van der Waals surface area contributed by atoms with E-state index in [-0.39, 0.29) is 6.61 Å². The molecule has 0 amide bonds. The third kappa shape index (κ3) is 3.35. The van der Waals surface area contributed by atoms with Crippen molar-refractivity contribution in [2.75, 3.05) is 14.2 Å². The highest BCUT2D eigenvalue weighted by molar-refractivity contribution is 5.43. The second-order valence-corrected chi connectivity index (χ2v) is 3.78. The van der Waals surface area contributed by atoms with E-state index >= 15 is 0 Å². The van der Waals surface area contributed by atoms with Crippen molar-refractivity contribution in [3.63, 3.8) is 0 Å². The molecule has 0 saturated carbocycles. The lowest BCUT2D eigenvalue weighted by Gasteiger charge is -2.09. The van der Waals surface area contributed by atoms with E-state index in [0.29, 0.717) is 28.8 Å². The number of rotatable bonds is 5. The van der Waals surface area contributed by atoms with Crippen molar-refractivity contribution in [2.24, 2.45) is 0 Å². The van der Waals surface area contributed by atoms with Gasteiger partial charge >= 0.3 is 0 Å². The molecule has 19 heavy (non-hydrogen) atoms. The molecule has 0 bridgehead atoms. The van der Waals surface area contributed by atoms with Crippen molar-refractivity contribution >= 4 is 0 Å². The molecule has 5 heteroatoms. The molecule has 1 N–H and O–H groups in total. The second kappa shape index (κ2) is 6.06. The molecule has 2 aromatic rings. The maximum Gasteiger partial charge on any atom is 0.219 e. The van der Waals surface area contributed by atoms with Crippen LogP contribution in [0.25, 0.3) is 0 Å². The minimum Gasteiger partial charge on any atom is -0.496 e. The Morgan fingerprint density at radius 1 is 1.00 bits per heavy atom. The number of aliphatic hydroxyl groups is 1. The standard InChI is InChI=1S/C14H15NO4/c1-17-11-6-12(18-2)8-13(7-11)19-14-5-3-4-10(9-16)15-14/h3-8,16H,9H2,1-2H3. The number of methoxy groups -OCH3 is 2. The van der Waals surface area contributed by atoms with Crippen LogP contribution >= 0.6 is 0 Å². The predicted molar refractivity (Wildman–Crippen MR) is 69.8 cm³/mol. The van der Waals surface area contributed by atoms with Gasteiger partial charge in [-0.15, -0.1) is 0 Å². The Bertz CT molecular complexity index is 535. The minimum atomic E-state index is -0.126. The third-order valence-corrected chi connectivity index (χ3v) is 2.49. The van der Waals surface area contributed by atoms with Gasteiger partial charge in [-0.25, -0.2) is 4.98 Å². The molecule has 0 saturated heterocycles. The van der Waals surface area contributed by atoms with Gasteiger partial charge < -0.3 is 19.3 Å². The molecule has 0 atom stereocenters. The lowest BCUT2D eigenvalue weighted by molar-refractivity contribution is 0.275. The topological polar surface area (TPSA) is 60.8 Å². The first-order valence-corrected chi connectivity index (χ1v) is 5.73. The van der Waals surface area contributed by atoms with Crippen molar-refractivity contribution < 1.29 is 19.3 Å². The van der Waals surface area contributed by atoms with Crippen LogP contribution in [0, 0.1) is 0 Å². The van der Waals surface area contributed by atoms with Crippen molar-refractivity contribution in [1.82, 2.24) is 4.98 Å². The highest BCUT2D eigenvalue weighted by atomic mass is 16.5. The predicted octanol–water partition coefficient (Wildman–Crippen LogP) is 2.38. The fourth-order valence-electron chi connectivity index (χ4n) is 1.56. The molecule has 0 unspecified atom stereocenters. The van der Waals surface area contributed by atoms with Gasteiger partial charge in [0.15, 0.2) is 0 Å². The van der Waals surface area contributed by atoms with Gasteiger partial charge in [0.05, 0.1) is 26.5 Å².